The summed E-state index contributed by atoms with van der Waals surface area (Å²) >= 11 is 0. The van der Waals surface area contributed by atoms with E-state index in [0.29, 0.717) is 6.54 Å². The van der Waals surface area contributed by atoms with Crippen LogP contribution < -0.4 is 10.1 Å². The second kappa shape index (κ2) is 7.80. The molecule has 1 aliphatic rings. The van der Waals surface area contributed by atoms with Crippen molar-refractivity contribution in [3.8, 4) is 5.75 Å². The fourth-order valence-corrected chi connectivity index (χ4v) is 4.34. The molecule has 0 radical (unpaired) electrons. The van der Waals surface area contributed by atoms with Crippen LogP contribution in [0.25, 0.3) is 10.9 Å². The quantitative estimate of drug-likeness (QED) is 0.465. The SMILES string of the molecule is COc1ccc([C@@H]2c3[nH]c4ccccc4c3CCN2C(=O)Nc2ccccc2F)cc1. The van der Waals surface area contributed by atoms with Gasteiger partial charge in [0.15, 0.2) is 0 Å². The van der Waals surface area contributed by atoms with Crippen molar-refractivity contribution in [3.63, 3.8) is 0 Å². The van der Waals surface area contributed by atoms with Gasteiger partial charge in [-0.25, -0.2) is 9.18 Å². The summed E-state index contributed by atoms with van der Waals surface area (Å²) in [4.78, 5) is 18.5. The smallest absolute Gasteiger partial charge is 0.322 e. The highest BCUT2D eigenvalue weighted by Gasteiger charge is 2.34. The first-order chi connectivity index (χ1) is 15.2. The van der Waals surface area contributed by atoms with Crippen molar-refractivity contribution >= 4 is 22.6 Å². The van der Waals surface area contributed by atoms with Gasteiger partial charge in [0.05, 0.1) is 18.8 Å². The fourth-order valence-electron chi connectivity index (χ4n) is 4.34. The fraction of sp³-hybridized carbons (Fsp3) is 0.160. The summed E-state index contributed by atoms with van der Waals surface area (Å²) in [6.07, 6.45) is 0.719. The van der Waals surface area contributed by atoms with Crippen LogP contribution in [0.1, 0.15) is 22.9 Å². The van der Waals surface area contributed by atoms with Gasteiger partial charge in [-0.2, -0.15) is 0 Å². The molecule has 156 valence electrons. The number of fused-ring (bicyclic) bond motifs is 3. The van der Waals surface area contributed by atoms with E-state index in [1.165, 1.54) is 17.0 Å². The van der Waals surface area contributed by atoms with Crippen LogP contribution in [0.2, 0.25) is 0 Å². The Hall–Kier alpha value is -3.80. The van der Waals surface area contributed by atoms with Crippen LogP contribution in [0.3, 0.4) is 0 Å². The maximum absolute atomic E-state index is 14.1. The van der Waals surface area contributed by atoms with E-state index in [1.54, 1.807) is 30.2 Å². The van der Waals surface area contributed by atoms with Crippen LogP contribution >= 0.6 is 0 Å². The first-order valence-corrected chi connectivity index (χ1v) is 10.2. The van der Waals surface area contributed by atoms with Gasteiger partial charge < -0.3 is 19.9 Å². The van der Waals surface area contributed by atoms with Crippen LogP contribution in [0.4, 0.5) is 14.9 Å². The predicted octanol–water partition coefficient (Wildman–Crippen LogP) is 5.50. The van der Waals surface area contributed by atoms with Crippen molar-refractivity contribution in [2.24, 2.45) is 0 Å². The molecule has 0 unspecified atom stereocenters. The van der Waals surface area contributed by atoms with E-state index in [9.17, 15) is 9.18 Å². The number of halogens is 1. The van der Waals surface area contributed by atoms with Crippen molar-refractivity contribution in [1.29, 1.82) is 0 Å². The molecule has 1 atom stereocenters. The molecule has 0 bridgehead atoms. The Balaban J connectivity index is 1.58. The number of carbonyl (C=O) groups excluding carboxylic acids is 1. The van der Waals surface area contributed by atoms with E-state index in [2.05, 4.69) is 16.4 Å². The molecule has 0 spiro atoms. The highest BCUT2D eigenvalue weighted by Crippen LogP contribution is 2.39. The Kier molecular flexibility index (Phi) is 4.82. The number of carbonyl (C=O) groups is 1. The maximum Gasteiger partial charge on any atom is 0.322 e. The highest BCUT2D eigenvalue weighted by molar-refractivity contribution is 5.91. The Morgan fingerprint density at radius 3 is 2.58 bits per heavy atom. The highest BCUT2D eigenvalue weighted by atomic mass is 19.1. The van der Waals surface area contributed by atoms with E-state index in [-0.39, 0.29) is 17.8 Å². The molecule has 2 heterocycles. The average molecular weight is 415 g/mol. The molecule has 5 rings (SSSR count). The third kappa shape index (κ3) is 3.40. The molecule has 0 saturated carbocycles. The van der Waals surface area contributed by atoms with Gasteiger partial charge in [-0.3, -0.25) is 0 Å². The molecule has 6 heteroatoms. The number of H-pyrrole nitrogens is 1. The maximum atomic E-state index is 14.1. The lowest BCUT2D eigenvalue weighted by atomic mass is 9.92. The number of rotatable bonds is 3. The summed E-state index contributed by atoms with van der Waals surface area (Å²) in [5.74, 6) is 0.291. The lowest BCUT2D eigenvalue weighted by molar-refractivity contribution is 0.193. The van der Waals surface area contributed by atoms with E-state index >= 15 is 0 Å². The third-order valence-corrected chi connectivity index (χ3v) is 5.84. The monoisotopic (exact) mass is 415 g/mol. The summed E-state index contributed by atoms with van der Waals surface area (Å²) in [6.45, 7) is 0.520. The summed E-state index contributed by atoms with van der Waals surface area (Å²) in [7, 11) is 1.62. The molecular formula is C25H22FN3O2. The van der Waals surface area contributed by atoms with Gasteiger partial charge in [-0.05, 0) is 47.9 Å². The van der Waals surface area contributed by atoms with Crippen LogP contribution in [-0.4, -0.2) is 29.6 Å². The number of amides is 2. The van der Waals surface area contributed by atoms with Crippen LogP contribution in [0, 0.1) is 5.82 Å². The summed E-state index contributed by atoms with van der Waals surface area (Å²) < 4.78 is 19.4. The Labute approximate surface area is 179 Å². The van der Waals surface area contributed by atoms with Crippen molar-refractivity contribution in [1.82, 2.24) is 9.88 Å². The minimum absolute atomic E-state index is 0.170. The molecule has 2 amide bonds. The molecule has 0 aliphatic carbocycles. The number of anilines is 1. The summed E-state index contributed by atoms with van der Waals surface area (Å²) in [5, 5.41) is 3.91. The van der Waals surface area contributed by atoms with Crippen LogP contribution in [-0.2, 0) is 6.42 Å². The molecule has 0 saturated heterocycles. The van der Waals surface area contributed by atoms with Gasteiger partial charge in [-0.1, -0.05) is 42.5 Å². The molecular weight excluding hydrogens is 393 g/mol. The van der Waals surface area contributed by atoms with Gasteiger partial charge in [0.25, 0.3) is 0 Å². The molecule has 4 aromatic rings. The molecule has 3 aromatic carbocycles. The third-order valence-electron chi connectivity index (χ3n) is 5.84. The van der Waals surface area contributed by atoms with Gasteiger partial charge in [0, 0.05) is 23.1 Å². The van der Waals surface area contributed by atoms with E-state index in [1.807, 2.05) is 42.5 Å². The number of methoxy groups -OCH3 is 1. The second-order valence-electron chi connectivity index (χ2n) is 7.59. The first kappa shape index (κ1) is 19.2. The van der Waals surface area contributed by atoms with E-state index in [0.717, 1.165) is 28.9 Å². The number of nitrogens with one attached hydrogen (secondary N) is 2. The van der Waals surface area contributed by atoms with E-state index in [4.69, 9.17) is 4.74 Å². The van der Waals surface area contributed by atoms with Crippen LogP contribution in [0.15, 0.2) is 72.8 Å². The number of nitrogens with zero attached hydrogens (tertiary/aromatic N) is 1. The van der Waals surface area contributed by atoms with Gasteiger partial charge in [0.2, 0.25) is 0 Å². The minimum Gasteiger partial charge on any atom is -0.497 e. The zero-order valence-electron chi connectivity index (χ0n) is 17.1. The summed E-state index contributed by atoms with van der Waals surface area (Å²) in [5.41, 5.74) is 4.37. The van der Waals surface area contributed by atoms with Crippen molar-refractivity contribution in [2.75, 3.05) is 19.0 Å². The van der Waals surface area contributed by atoms with Crippen molar-refractivity contribution < 1.29 is 13.9 Å². The molecule has 5 nitrogen and oxygen atoms in total. The first-order valence-electron chi connectivity index (χ1n) is 10.2. The number of ether oxygens (including phenoxy) is 1. The zero-order valence-corrected chi connectivity index (χ0v) is 17.1. The Morgan fingerprint density at radius 2 is 1.81 bits per heavy atom. The zero-order chi connectivity index (χ0) is 21.4. The summed E-state index contributed by atoms with van der Waals surface area (Å²) in [6, 6.07) is 21.4. The van der Waals surface area contributed by atoms with Crippen molar-refractivity contribution in [3.05, 3.63) is 95.4 Å². The molecule has 2 N–H and O–H groups in total. The Bertz CT molecular complexity index is 1250. The van der Waals surface area contributed by atoms with Gasteiger partial charge in [-0.15, -0.1) is 0 Å². The number of benzene rings is 3. The number of para-hydroxylation sites is 2. The molecule has 0 fully saturated rings. The van der Waals surface area contributed by atoms with Gasteiger partial charge >= 0.3 is 6.03 Å². The lowest BCUT2D eigenvalue weighted by Crippen LogP contribution is -2.43. The minimum atomic E-state index is -0.458. The predicted molar refractivity (Wildman–Crippen MR) is 119 cm³/mol. The number of aromatic amines is 1. The van der Waals surface area contributed by atoms with Crippen molar-refractivity contribution in [2.45, 2.75) is 12.5 Å². The largest absolute Gasteiger partial charge is 0.497 e. The standard InChI is InChI=1S/C25H22FN3O2/c1-31-17-12-10-16(11-13-17)24-23-19(18-6-2-4-8-21(18)27-23)14-15-29(24)25(30)28-22-9-5-3-7-20(22)26/h2-13,24,27H,14-15H2,1H3,(H,28,30)/t24-/m1/s1. The second-order valence-corrected chi connectivity index (χ2v) is 7.59. The lowest BCUT2D eigenvalue weighted by Gasteiger charge is -2.36. The Morgan fingerprint density at radius 1 is 1.06 bits per heavy atom. The number of hydrogen-bond donors (Lipinski definition) is 2. The molecule has 31 heavy (non-hydrogen) atoms. The van der Waals surface area contributed by atoms with Gasteiger partial charge in [0.1, 0.15) is 11.6 Å². The molecule has 1 aromatic heterocycles. The normalized spacial score (nSPS) is 15.5. The van der Waals surface area contributed by atoms with Crippen LogP contribution in [0.5, 0.6) is 5.75 Å². The number of hydrogen-bond acceptors (Lipinski definition) is 2. The topological polar surface area (TPSA) is 57.4 Å². The number of urea groups is 1. The van der Waals surface area contributed by atoms with E-state index < -0.39 is 5.82 Å². The number of aromatic nitrogens is 1. The average Bonchev–Trinajstić information content (AvgIpc) is 3.19. The molecule has 1 aliphatic heterocycles.